The number of carbonyl (C=O) groups excluding carboxylic acids is 1. The van der Waals surface area contributed by atoms with Crippen LogP contribution < -0.4 is 10.1 Å². The lowest BCUT2D eigenvalue weighted by atomic mass is 10.2. The van der Waals surface area contributed by atoms with Crippen molar-refractivity contribution < 1.29 is 24.2 Å². The molecular weight excluding hydrogens is 451 g/mol. The Balaban J connectivity index is 2.02. The molecule has 2 unspecified atom stereocenters. The zero-order valence-corrected chi connectivity index (χ0v) is 16.5. The summed E-state index contributed by atoms with van der Waals surface area (Å²) in [5.74, 6) is -1.17. The third kappa shape index (κ3) is 5.87. The number of hydrogen-bond donors (Lipinski definition) is 2. The van der Waals surface area contributed by atoms with Crippen molar-refractivity contribution in [1.29, 1.82) is 0 Å². The first kappa shape index (κ1) is 20.0. The first-order valence-electron chi connectivity index (χ1n) is 7.98. The summed E-state index contributed by atoms with van der Waals surface area (Å²) >= 11 is 2.20. The summed E-state index contributed by atoms with van der Waals surface area (Å²) in [6.07, 6.45) is 1.65. The van der Waals surface area contributed by atoms with Crippen molar-refractivity contribution in [3.63, 3.8) is 0 Å². The minimum Gasteiger partial charge on any atom is -0.479 e. The summed E-state index contributed by atoms with van der Waals surface area (Å²) in [6, 6.07) is 9.12. The van der Waals surface area contributed by atoms with Gasteiger partial charge in [0.2, 0.25) is 11.9 Å². The van der Waals surface area contributed by atoms with Gasteiger partial charge in [-0.1, -0.05) is 6.92 Å². The minimum atomic E-state index is -1.51. The Bertz CT molecular complexity index is 749. The fraction of sp³-hybridized carbons (Fsp3) is 0.278. The maximum Gasteiger partial charge on any atom is 0.340 e. The molecule has 0 spiro atoms. The van der Waals surface area contributed by atoms with Crippen LogP contribution in [-0.2, 0) is 14.3 Å². The van der Waals surface area contributed by atoms with Gasteiger partial charge < -0.3 is 19.9 Å². The Morgan fingerprint density at radius 1 is 1.23 bits per heavy atom. The van der Waals surface area contributed by atoms with E-state index in [2.05, 4.69) is 32.9 Å². The zero-order valence-electron chi connectivity index (χ0n) is 14.3. The predicted octanol–water partition coefficient (Wildman–Crippen LogP) is 3.69. The average molecular weight is 470 g/mol. The number of aliphatic carboxylic acids is 1. The van der Waals surface area contributed by atoms with Crippen LogP contribution in [0.25, 0.3) is 0 Å². The highest BCUT2D eigenvalue weighted by molar-refractivity contribution is 14.1. The van der Waals surface area contributed by atoms with Gasteiger partial charge in [0, 0.05) is 9.64 Å². The zero-order chi connectivity index (χ0) is 19.1. The summed E-state index contributed by atoms with van der Waals surface area (Å²) in [5, 5.41) is 11.9. The van der Waals surface area contributed by atoms with E-state index in [1.807, 2.05) is 31.2 Å². The summed E-state index contributed by atoms with van der Waals surface area (Å²) < 4.78 is 11.8. The van der Waals surface area contributed by atoms with E-state index in [4.69, 9.17) is 9.47 Å². The van der Waals surface area contributed by atoms with E-state index in [0.717, 1.165) is 3.57 Å². The topological polar surface area (TPSA) is 97.8 Å². The Morgan fingerprint density at radius 2 is 1.92 bits per heavy atom. The summed E-state index contributed by atoms with van der Waals surface area (Å²) in [6.45, 7) is 3.55. The van der Waals surface area contributed by atoms with Crippen molar-refractivity contribution in [1.82, 2.24) is 4.98 Å². The summed E-state index contributed by atoms with van der Waals surface area (Å²) in [7, 11) is 0. The number of pyridine rings is 1. The molecule has 0 radical (unpaired) electrons. The summed E-state index contributed by atoms with van der Waals surface area (Å²) in [5.41, 5.74) is 0.369. The second-order valence-electron chi connectivity index (χ2n) is 5.51. The Hall–Kier alpha value is -2.36. The first-order chi connectivity index (χ1) is 12.4. The molecule has 0 fully saturated rings. The van der Waals surface area contributed by atoms with Gasteiger partial charge in [0.05, 0.1) is 18.0 Å². The third-order valence-corrected chi connectivity index (χ3v) is 4.18. The van der Waals surface area contributed by atoms with Crippen molar-refractivity contribution in [2.75, 3.05) is 5.32 Å². The average Bonchev–Trinajstić information content (AvgIpc) is 2.62. The molecule has 7 nitrogen and oxygen atoms in total. The second-order valence-corrected chi connectivity index (χ2v) is 6.76. The molecule has 2 rings (SSSR count). The maximum atomic E-state index is 12.0. The van der Waals surface area contributed by atoms with Crippen LogP contribution >= 0.6 is 22.6 Å². The number of benzene rings is 1. The van der Waals surface area contributed by atoms with E-state index in [0.29, 0.717) is 23.7 Å². The molecule has 1 aromatic heterocycles. The smallest absolute Gasteiger partial charge is 0.340 e. The number of nitrogens with one attached hydrogen (secondary N) is 1. The SMILES string of the molecule is CCC(C)OC(=O)C(Nc1ccc(Oc2ccc(I)cc2)nc1)C(=O)O. The molecule has 1 heterocycles. The largest absolute Gasteiger partial charge is 0.479 e. The first-order valence-corrected chi connectivity index (χ1v) is 9.06. The molecule has 0 saturated heterocycles. The Morgan fingerprint density at radius 3 is 2.46 bits per heavy atom. The molecule has 0 aliphatic carbocycles. The van der Waals surface area contributed by atoms with Crippen molar-refractivity contribution in [2.24, 2.45) is 0 Å². The number of rotatable bonds is 8. The predicted molar refractivity (Wildman–Crippen MR) is 104 cm³/mol. The lowest BCUT2D eigenvalue weighted by molar-refractivity contribution is -0.156. The molecule has 0 aliphatic rings. The fourth-order valence-corrected chi connectivity index (χ4v) is 2.25. The molecule has 26 heavy (non-hydrogen) atoms. The molecule has 8 heteroatoms. The monoisotopic (exact) mass is 470 g/mol. The number of hydrogen-bond acceptors (Lipinski definition) is 6. The van der Waals surface area contributed by atoms with Crippen LogP contribution in [-0.4, -0.2) is 34.2 Å². The molecule has 0 bridgehead atoms. The number of carboxylic acid groups (broad SMARTS) is 1. The van der Waals surface area contributed by atoms with Crippen LogP contribution in [0.3, 0.4) is 0 Å². The van der Waals surface area contributed by atoms with Crippen molar-refractivity contribution in [2.45, 2.75) is 32.4 Å². The number of ether oxygens (including phenoxy) is 2. The van der Waals surface area contributed by atoms with E-state index in [-0.39, 0.29) is 6.10 Å². The van der Waals surface area contributed by atoms with E-state index in [1.54, 1.807) is 19.1 Å². The van der Waals surface area contributed by atoms with Gasteiger partial charge in [0.1, 0.15) is 5.75 Å². The van der Waals surface area contributed by atoms with Crippen LogP contribution in [0, 0.1) is 3.57 Å². The van der Waals surface area contributed by atoms with Gasteiger partial charge >= 0.3 is 11.9 Å². The standard InChI is InChI=1S/C18H19IN2O5/c1-3-11(2)25-18(24)16(17(22)23)21-13-6-9-15(20-10-13)26-14-7-4-12(19)5-8-14/h4-11,16,21H,3H2,1-2H3,(H,22,23). The van der Waals surface area contributed by atoms with E-state index >= 15 is 0 Å². The molecule has 2 aromatic rings. The molecular formula is C18H19IN2O5. The molecule has 0 saturated carbocycles. The third-order valence-electron chi connectivity index (χ3n) is 3.46. The normalized spacial score (nSPS) is 12.7. The van der Waals surface area contributed by atoms with E-state index in [1.165, 1.54) is 6.20 Å². The van der Waals surface area contributed by atoms with E-state index in [9.17, 15) is 14.7 Å². The molecule has 2 atom stereocenters. The van der Waals surface area contributed by atoms with Gasteiger partial charge in [0.15, 0.2) is 0 Å². The van der Waals surface area contributed by atoms with Gasteiger partial charge in [-0.2, -0.15) is 0 Å². The van der Waals surface area contributed by atoms with Crippen LogP contribution in [0.1, 0.15) is 20.3 Å². The highest BCUT2D eigenvalue weighted by Crippen LogP contribution is 2.21. The number of aromatic nitrogens is 1. The molecule has 2 N–H and O–H groups in total. The Kier molecular flexibility index (Phi) is 7.19. The Labute approximate surface area is 164 Å². The molecule has 0 amide bonds. The van der Waals surface area contributed by atoms with Gasteiger partial charge in [-0.15, -0.1) is 0 Å². The highest BCUT2D eigenvalue weighted by atomic mass is 127. The van der Waals surface area contributed by atoms with E-state index < -0.39 is 18.0 Å². The van der Waals surface area contributed by atoms with Gasteiger partial charge in [0.25, 0.3) is 0 Å². The van der Waals surface area contributed by atoms with Gasteiger partial charge in [-0.25, -0.2) is 14.6 Å². The molecule has 138 valence electrons. The lowest BCUT2D eigenvalue weighted by Crippen LogP contribution is -2.40. The number of esters is 1. The minimum absolute atomic E-state index is 0.353. The number of carboxylic acids is 1. The quantitative estimate of drug-likeness (QED) is 0.345. The number of anilines is 1. The van der Waals surface area contributed by atoms with Crippen LogP contribution in [0.15, 0.2) is 42.6 Å². The number of nitrogens with zero attached hydrogens (tertiary/aromatic N) is 1. The molecule has 0 aliphatic heterocycles. The van der Waals surface area contributed by atoms with Crippen molar-refractivity contribution >= 4 is 40.2 Å². The van der Waals surface area contributed by atoms with Crippen LogP contribution in [0.4, 0.5) is 5.69 Å². The van der Waals surface area contributed by atoms with Crippen LogP contribution in [0.2, 0.25) is 0 Å². The van der Waals surface area contributed by atoms with Crippen LogP contribution in [0.5, 0.6) is 11.6 Å². The number of halogens is 1. The molecule has 1 aromatic carbocycles. The van der Waals surface area contributed by atoms with Gasteiger partial charge in [-0.05, 0) is 66.3 Å². The fourth-order valence-electron chi connectivity index (χ4n) is 1.89. The van der Waals surface area contributed by atoms with Crippen molar-refractivity contribution in [3.8, 4) is 11.6 Å². The highest BCUT2D eigenvalue weighted by Gasteiger charge is 2.29. The summed E-state index contributed by atoms with van der Waals surface area (Å²) in [4.78, 5) is 27.4. The van der Waals surface area contributed by atoms with Gasteiger partial charge in [-0.3, -0.25) is 0 Å². The number of carbonyl (C=O) groups is 2. The second kappa shape index (κ2) is 9.37. The van der Waals surface area contributed by atoms with Crippen molar-refractivity contribution in [3.05, 3.63) is 46.2 Å². The maximum absolute atomic E-state index is 12.0. The lowest BCUT2D eigenvalue weighted by Gasteiger charge is -2.17.